The Labute approximate surface area is 254 Å². The molecule has 1 aromatic carbocycles. The number of thiazole rings is 1. The maximum atomic E-state index is 13.3. The van der Waals surface area contributed by atoms with Crippen molar-refractivity contribution in [2.45, 2.75) is 31.7 Å². The van der Waals surface area contributed by atoms with E-state index in [0.717, 1.165) is 11.3 Å². The number of nitrogens with one attached hydrogen (secondary N) is 2. The summed E-state index contributed by atoms with van der Waals surface area (Å²) in [7, 11) is 0. The van der Waals surface area contributed by atoms with Gasteiger partial charge in [0, 0.05) is 43.1 Å². The van der Waals surface area contributed by atoms with E-state index >= 15 is 0 Å². The number of fused-ring (bicyclic) bond motifs is 1. The second kappa shape index (κ2) is 11.0. The van der Waals surface area contributed by atoms with E-state index in [1.54, 1.807) is 11.8 Å². The first kappa shape index (κ1) is 31.6. The molecule has 1 unspecified atom stereocenters. The molecule has 7 nitrogen and oxygen atoms in total. The molecule has 216 valence electrons. The number of amides is 1. The summed E-state index contributed by atoms with van der Waals surface area (Å²) < 4.78 is 79.5. The molecule has 2 aromatic heterocycles. The summed E-state index contributed by atoms with van der Waals surface area (Å²) in [5.74, 6) is -1.75. The van der Waals surface area contributed by atoms with Gasteiger partial charge in [0.05, 0.1) is 26.9 Å². The number of carboxylic acid groups (broad SMARTS) is 1. The number of benzene rings is 1. The van der Waals surface area contributed by atoms with Gasteiger partial charge in [0.15, 0.2) is 5.13 Å². The van der Waals surface area contributed by atoms with Crippen LogP contribution in [0.15, 0.2) is 18.2 Å². The van der Waals surface area contributed by atoms with E-state index in [1.165, 1.54) is 0 Å². The average molecular weight is 635 g/mol. The van der Waals surface area contributed by atoms with E-state index in [-0.39, 0.29) is 79.8 Å². The molecular weight excluding hydrogens is 616 g/mol. The Morgan fingerprint density at radius 3 is 2.10 bits per heavy atom. The number of carbonyl (C=O) groups is 2. The monoisotopic (exact) mass is 634 g/mol. The van der Waals surface area contributed by atoms with Crippen LogP contribution < -0.4 is 10.2 Å². The summed E-state index contributed by atoms with van der Waals surface area (Å²) in [6, 6.07) is 0.970. The number of hydrogen-bond acceptors (Lipinski definition) is 5. The molecule has 3 atom stereocenters. The number of carboxylic acids is 1. The Kier molecular flexibility index (Phi) is 8.50. The van der Waals surface area contributed by atoms with Gasteiger partial charge in [-0.3, -0.25) is 4.79 Å². The van der Waals surface area contributed by atoms with Crippen molar-refractivity contribution in [3.05, 3.63) is 66.9 Å². The first-order chi connectivity index (χ1) is 18.5. The zero-order chi connectivity index (χ0) is 29.3. The van der Waals surface area contributed by atoms with Gasteiger partial charge < -0.3 is 20.3 Å². The molecule has 0 spiro atoms. The number of aryl methyl sites for hydroxylation is 1. The number of piperidine rings is 1. The Hall–Kier alpha value is -2.37. The number of alkyl halides is 6. The Balaban J connectivity index is 0.00000387. The molecule has 17 heteroatoms. The topological polar surface area (TPSA) is 98.3 Å². The number of aromatic nitrogens is 2. The first-order valence-corrected chi connectivity index (χ1v) is 13.2. The third kappa shape index (κ3) is 6.22. The van der Waals surface area contributed by atoms with Crippen molar-refractivity contribution in [3.8, 4) is 0 Å². The molecule has 2 aliphatic rings. The van der Waals surface area contributed by atoms with Crippen molar-refractivity contribution in [2.75, 3.05) is 18.0 Å². The molecule has 3 aromatic rings. The van der Waals surface area contributed by atoms with Crippen molar-refractivity contribution in [3.63, 3.8) is 0 Å². The van der Waals surface area contributed by atoms with Crippen molar-refractivity contribution in [1.82, 2.24) is 15.3 Å². The van der Waals surface area contributed by atoms with E-state index in [0.29, 0.717) is 30.9 Å². The Morgan fingerprint density at radius 2 is 1.63 bits per heavy atom. The fourth-order valence-corrected chi connectivity index (χ4v) is 6.28. The standard InChI is InChI=1S/C24H18Cl2F6N4O3S.Li.H/c1-8-15(25)16(26)18(33-8)20(37)35-17-12-6-36(7-13(12)17)22-34-14(19(40-22)21(38)39)4-9-2-10(23(27,28)29)5-11(3-9)24(30,31)32;;/h2-3,5,12-13,17,33H,4,6-7H2,1H3,(H,35,37)(H,38,39);;/t12-,13+,17?;;. The van der Waals surface area contributed by atoms with E-state index in [9.17, 15) is 41.0 Å². The molecule has 1 amide bonds. The summed E-state index contributed by atoms with van der Waals surface area (Å²) >= 11 is 12.9. The molecule has 3 N–H and O–H groups in total. The second-order valence-electron chi connectivity index (χ2n) is 9.65. The number of aromatic amines is 1. The van der Waals surface area contributed by atoms with Gasteiger partial charge >= 0.3 is 37.2 Å². The van der Waals surface area contributed by atoms with Crippen LogP contribution in [0.4, 0.5) is 31.5 Å². The van der Waals surface area contributed by atoms with Gasteiger partial charge in [-0.25, -0.2) is 9.78 Å². The van der Waals surface area contributed by atoms with E-state index in [4.69, 9.17) is 23.2 Å². The number of rotatable bonds is 6. The number of carbonyl (C=O) groups excluding carboxylic acids is 1. The van der Waals surface area contributed by atoms with Crippen molar-refractivity contribution in [2.24, 2.45) is 11.8 Å². The minimum absolute atomic E-state index is 0. The Bertz CT molecular complexity index is 1480. The zero-order valence-electron chi connectivity index (χ0n) is 20.2. The SMILES string of the molecule is Cc1[nH]c(C(=O)NC2[C@H]3CN(c4nc(Cc5cc(C(F)(F)F)cc(C(F)(F)F)c5)c(C(=O)O)s4)C[C@@H]23)c(Cl)c1Cl.[LiH]. The molecule has 3 heterocycles. The predicted molar refractivity (Wildman–Crippen MR) is 141 cm³/mol. The van der Waals surface area contributed by atoms with Crippen molar-refractivity contribution >= 4 is 70.4 Å². The molecule has 0 radical (unpaired) electrons. The van der Waals surface area contributed by atoms with Crippen molar-refractivity contribution in [1.29, 1.82) is 0 Å². The number of H-pyrrole nitrogens is 1. The van der Waals surface area contributed by atoms with E-state index in [2.05, 4.69) is 15.3 Å². The molecule has 41 heavy (non-hydrogen) atoms. The normalized spacial score (nSPS) is 20.0. The minimum atomic E-state index is -5.03. The zero-order valence-corrected chi connectivity index (χ0v) is 22.5. The van der Waals surface area contributed by atoms with Crippen LogP contribution in [0.5, 0.6) is 0 Å². The fourth-order valence-electron chi connectivity index (χ4n) is 4.92. The van der Waals surface area contributed by atoms with Gasteiger partial charge in [-0.05, 0) is 30.7 Å². The van der Waals surface area contributed by atoms with Gasteiger partial charge in [-0.15, -0.1) is 0 Å². The first-order valence-electron chi connectivity index (χ1n) is 11.6. The van der Waals surface area contributed by atoms with Gasteiger partial charge in [0.25, 0.3) is 5.91 Å². The number of halogens is 8. The van der Waals surface area contributed by atoms with Crippen LogP contribution in [0.25, 0.3) is 0 Å². The third-order valence-corrected chi connectivity index (χ3v) is 9.04. The maximum absolute atomic E-state index is 13.3. The van der Waals surface area contributed by atoms with Crippen LogP contribution >= 0.6 is 34.5 Å². The summed E-state index contributed by atoms with van der Waals surface area (Å²) in [5.41, 5.74) is -2.80. The van der Waals surface area contributed by atoms with Crippen molar-refractivity contribution < 1.29 is 41.0 Å². The predicted octanol–water partition coefficient (Wildman–Crippen LogP) is 5.63. The number of anilines is 1. The molecule has 1 saturated carbocycles. The molecule has 1 aliphatic heterocycles. The van der Waals surface area contributed by atoms with E-state index in [1.807, 2.05) is 0 Å². The molecule has 0 bridgehead atoms. The molecule has 2 fully saturated rings. The van der Waals surface area contributed by atoms with E-state index < -0.39 is 41.8 Å². The van der Waals surface area contributed by atoms with Crippen LogP contribution in [-0.2, 0) is 18.8 Å². The summed E-state index contributed by atoms with van der Waals surface area (Å²) in [4.78, 5) is 33.1. The molecular formula is C24H19Cl2F6LiN4O3S. The Morgan fingerprint density at radius 1 is 1.07 bits per heavy atom. The van der Waals surface area contributed by atoms with Crippen LogP contribution in [0.2, 0.25) is 10.0 Å². The molecule has 1 aliphatic carbocycles. The molecule has 1 saturated heterocycles. The fraction of sp³-hybridized carbons (Fsp3) is 0.375. The summed E-state index contributed by atoms with van der Waals surface area (Å²) in [6.07, 6.45) is -10.6. The summed E-state index contributed by atoms with van der Waals surface area (Å²) in [5, 5.41) is 13.2. The third-order valence-electron chi connectivity index (χ3n) is 6.94. The molecule has 5 rings (SSSR count). The number of aromatic carboxylic acids is 1. The van der Waals surface area contributed by atoms with Crippen LogP contribution in [0.3, 0.4) is 0 Å². The summed E-state index contributed by atoms with van der Waals surface area (Å²) in [6.45, 7) is 2.51. The van der Waals surface area contributed by atoms with Crippen LogP contribution in [0.1, 0.15) is 48.2 Å². The van der Waals surface area contributed by atoms with Gasteiger partial charge in [-0.2, -0.15) is 26.3 Å². The number of hydrogen-bond donors (Lipinski definition) is 3. The number of nitrogens with zero attached hydrogens (tertiary/aromatic N) is 2. The van der Waals surface area contributed by atoms with Crippen LogP contribution in [0, 0.1) is 18.8 Å². The second-order valence-corrected chi connectivity index (χ2v) is 11.4. The quantitative estimate of drug-likeness (QED) is 0.241. The van der Waals surface area contributed by atoms with Crippen LogP contribution in [-0.4, -0.2) is 64.9 Å². The van der Waals surface area contributed by atoms with Gasteiger partial charge in [0.2, 0.25) is 0 Å². The average Bonchev–Trinajstić information content (AvgIpc) is 3.21. The van der Waals surface area contributed by atoms with Gasteiger partial charge in [0.1, 0.15) is 10.6 Å². The van der Waals surface area contributed by atoms with Gasteiger partial charge in [-0.1, -0.05) is 34.5 Å².